The third-order valence-corrected chi connectivity index (χ3v) is 5.49. The molecule has 0 bridgehead atoms. The molecule has 1 fully saturated rings. The molecule has 0 aliphatic carbocycles. The van der Waals surface area contributed by atoms with Crippen molar-refractivity contribution in [3.63, 3.8) is 0 Å². The quantitative estimate of drug-likeness (QED) is 0.663. The van der Waals surface area contributed by atoms with Gasteiger partial charge in [-0.1, -0.05) is 30.3 Å². The number of nitrogens with zero attached hydrogens (tertiary/aromatic N) is 2. The van der Waals surface area contributed by atoms with Gasteiger partial charge in [0.25, 0.3) is 0 Å². The third-order valence-electron chi connectivity index (χ3n) is 5.49. The largest absolute Gasteiger partial charge is 0.497 e. The number of carbonyl (C=O) groups is 2. The second kappa shape index (κ2) is 10.7. The molecule has 0 saturated carbocycles. The highest BCUT2D eigenvalue weighted by Gasteiger charge is 2.21. The molecule has 1 aliphatic heterocycles. The average Bonchev–Trinajstić information content (AvgIpc) is 3.32. The van der Waals surface area contributed by atoms with Crippen LogP contribution < -0.4 is 15.0 Å². The Labute approximate surface area is 184 Å². The second-order valence-corrected chi connectivity index (χ2v) is 7.85. The van der Waals surface area contributed by atoms with Gasteiger partial charge in [0.2, 0.25) is 11.8 Å². The van der Waals surface area contributed by atoms with Crippen LogP contribution in [0.3, 0.4) is 0 Å². The molecule has 1 unspecified atom stereocenters. The molecule has 2 aromatic rings. The van der Waals surface area contributed by atoms with E-state index in [1.54, 1.807) is 32.1 Å². The summed E-state index contributed by atoms with van der Waals surface area (Å²) < 4.78 is 5.13. The normalized spacial score (nSPS) is 14.5. The molecular formula is C25H31N3O3. The van der Waals surface area contributed by atoms with E-state index in [1.165, 1.54) is 24.6 Å². The number of rotatable bonds is 8. The highest BCUT2D eigenvalue weighted by Crippen LogP contribution is 2.25. The van der Waals surface area contributed by atoms with Crippen molar-refractivity contribution in [1.82, 2.24) is 10.2 Å². The molecule has 1 atom stereocenters. The fourth-order valence-corrected chi connectivity index (χ4v) is 3.79. The van der Waals surface area contributed by atoms with Gasteiger partial charge in [0.15, 0.2) is 0 Å². The Hall–Kier alpha value is -3.28. The van der Waals surface area contributed by atoms with E-state index in [4.69, 9.17) is 4.74 Å². The monoisotopic (exact) mass is 421 g/mol. The topological polar surface area (TPSA) is 61.9 Å². The molecule has 1 aliphatic rings. The lowest BCUT2D eigenvalue weighted by Gasteiger charge is -2.26. The maximum absolute atomic E-state index is 12.8. The van der Waals surface area contributed by atoms with Gasteiger partial charge in [-0.2, -0.15) is 0 Å². The molecule has 2 aromatic carbocycles. The van der Waals surface area contributed by atoms with Crippen LogP contribution >= 0.6 is 0 Å². The Morgan fingerprint density at radius 3 is 2.48 bits per heavy atom. The summed E-state index contributed by atoms with van der Waals surface area (Å²) in [6.07, 6.45) is 5.56. The maximum Gasteiger partial charge on any atom is 0.244 e. The van der Waals surface area contributed by atoms with Gasteiger partial charge in [0.05, 0.1) is 7.11 Å². The number of hydrogen-bond donors (Lipinski definition) is 1. The number of carbonyl (C=O) groups excluding carboxylic acids is 2. The van der Waals surface area contributed by atoms with Gasteiger partial charge < -0.3 is 19.9 Å². The van der Waals surface area contributed by atoms with Crippen molar-refractivity contribution < 1.29 is 14.3 Å². The van der Waals surface area contributed by atoms with Crippen LogP contribution in [0.2, 0.25) is 0 Å². The molecule has 3 rings (SSSR count). The van der Waals surface area contributed by atoms with Crippen LogP contribution in [-0.2, 0) is 16.1 Å². The van der Waals surface area contributed by atoms with Gasteiger partial charge in [-0.25, -0.2) is 0 Å². The minimum Gasteiger partial charge on any atom is -0.497 e. The molecule has 164 valence electrons. The molecule has 6 nitrogen and oxygen atoms in total. The lowest BCUT2D eigenvalue weighted by molar-refractivity contribution is -0.134. The van der Waals surface area contributed by atoms with Crippen LogP contribution in [0, 0.1) is 0 Å². The molecular weight excluding hydrogens is 390 g/mol. The highest BCUT2D eigenvalue weighted by molar-refractivity contribution is 5.95. The van der Waals surface area contributed by atoms with Gasteiger partial charge in [0, 0.05) is 38.4 Å². The molecule has 0 radical (unpaired) electrons. The maximum atomic E-state index is 12.8. The predicted octanol–water partition coefficient (Wildman–Crippen LogP) is 3.47. The molecule has 31 heavy (non-hydrogen) atoms. The molecule has 6 heteroatoms. The summed E-state index contributed by atoms with van der Waals surface area (Å²) in [5.74, 6) is 0.333. The van der Waals surface area contributed by atoms with Crippen molar-refractivity contribution in [1.29, 1.82) is 0 Å². The summed E-state index contributed by atoms with van der Waals surface area (Å²) >= 11 is 0. The Morgan fingerprint density at radius 1 is 1.13 bits per heavy atom. The number of amides is 2. The summed E-state index contributed by atoms with van der Waals surface area (Å²) in [5.41, 5.74) is 3.20. The van der Waals surface area contributed by atoms with Crippen LogP contribution in [0.4, 0.5) is 5.69 Å². The van der Waals surface area contributed by atoms with E-state index in [2.05, 4.69) is 22.3 Å². The van der Waals surface area contributed by atoms with Gasteiger partial charge in [-0.05, 0) is 55.2 Å². The summed E-state index contributed by atoms with van der Waals surface area (Å²) in [6.45, 7) is 4.33. The van der Waals surface area contributed by atoms with Crippen LogP contribution in [-0.4, -0.2) is 50.0 Å². The summed E-state index contributed by atoms with van der Waals surface area (Å²) in [5, 5.41) is 2.76. The number of methoxy groups -OCH3 is 1. The van der Waals surface area contributed by atoms with Crippen molar-refractivity contribution in [3.8, 4) is 5.75 Å². The Bertz CT molecular complexity index is 918. The third kappa shape index (κ3) is 6.10. The highest BCUT2D eigenvalue weighted by atomic mass is 16.5. The standard InChI is InChI=1S/C25H31N3O3/c1-19(26-24(29)15-12-20-10-13-22(31-3)14-11-20)25(30)27(2)18-21-8-4-5-9-23(21)28-16-6-7-17-28/h4-5,8-15,19H,6-7,16-18H2,1-3H3,(H,26,29)/b15-12+. The Kier molecular flexibility index (Phi) is 7.70. The molecule has 0 spiro atoms. The lowest BCUT2D eigenvalue weighted by atomic mass is 10.1. The van der Waals surface area contributed by atoms with Crippen molar-refractivity contribution >= 4 is 23.6 Å². The minimum absolute atomic E-state index is 0.123. The zero-order valence-corrected chi connectivity index (χ0v) is 18.5. The average molecular weight is 422 g/mol. The SMILES string of the molecule is COc1ccc(/C=C/C(=O)NC(C)C(=O)N(C)Cc2ccccc2N2CCCC2)cc1. The minimum atomic E-state index is -0.614. The summed E-state index contributed by atoms with van der Waals surface area (Å²) in [7, 11) is 3.39. The number of hydrogen-bond acceptors (Lipinski definition) is 4. The molecule has 1 saturated heterocycles. The van der Waals surface area contributed by atoms with Crippen LogP contribution in [0.5, 0.6) is 5.75 Å². The lowest BCUT2D eigenvalue weighted by Crippen LogP contribution is -2.44. The van der Waals surface area contributed by atoms with Crippen molar-refractivity contribution in [3.05, 3.63) is 65.7 Å². The first-order valence-electron chi connectivity index (χ1n) is 10.7. The van der Waals surface area contributed by atoms with Crippen molar-refractivity contribution in [2.45, 2.75) is 32.4 Å². The zero-order chi connectivity index (χ0) is 22.2. The van der Waals surface area contributed by atoms with E-state index in [9.17, 15) is 9.59 Å². The number of nitrogens with one attached hydrogen (secondary N) is 1. The predicted molar refractivity (Wildman–Crippen MR) is 124 cm³/mol. The molecule has 0 aromatic heterocycles. The van der Waals surface area contributed by atoms with E-state index < -0.39 is 6.04 Å². The smallest absolute Gasteiger partial charge is 0.244 e. The van der Waals surface area contributed by atoms with Crippen molar-refractivity contribution in [2.75, 3.05) is 32.1 Å². The van der Waals surface area contributed by atoms with Crippen molar-refractivity contribution in [2.24, 2.45) is 0 Å². The zero-order valence-electron chi connectivity index (χ0n) is 18.5. The van der Waals surface area contributed by atoms with Gasteiger partial charge >= 0.3 is 0 Å². The van der Waals surface area contributed by atoms with E-state index in [-0.39, 0.29) is 11.8 Å². The number of likely N-dealkylation sites (N-methyl/N-ethyl adjacent to an activating group) is 1. The van der Waals surface area contributed by atoms with E-state index in [0.717, 1.165) is 30.0 Å². The van der Waals surface area contributed by atoms with Gasteiger partial charge in [-0.15, -0.1) is 0 Å². The van der Waals surface area contributed by atoms with E-state index >= 15 is 0 Å². The van der Waals surface area contributed by atoms with Gasteiger partial charge in [0.1, 0.15) is 11.8 Å². The number of benzene rings is 2. The van der Waals surface area contributed by atoms with Crippen LogP contribution in [0.25, 0.3) is 6.08 Å². The summed E-state index contributed by atoms with van der Waals surface area (Å²) in [6, 6.07) is 15.0. The molecule has 1 heterocycles. The fourth-order valence-electron chi connectivity index (χ4n) is 3.79. The molecule has 1 N–H and O–H groups in total. The van der Waals surface area contributed by atoms with Crippen LogP contribution in [0.1, 0.15) is 30.9 Å². The Balaban J connectivity index is 1.55. The fraction of sp³-hybridized carbons (Fsp3) is 0.360. The number of para-hydroxylation sites is 1. The first-order chi connectivity index (χ1) is 15.0. The van der Waals surface area contributed by atoms with Crippen LogP contribution in [0.15, 0.2) is 54.6 Å². The first kappa shape index (κ1) is 22.4. The summed E-state index contributed by atoms with van der Waals surface area (Å²) in [4.78, 5) is 29.1. The number of anilines is 1. The first-order valence-corrected chi connectivity index (χ1v) is 10.7. The molecule has 2 amide bonds. The van der Waals surface area contributed by atoms with E-state index in [1.807, 2.05) is 36.4 Å². The Morgan fingerprint density at radius 2 is 1.81 bits per heavy atom. The van der Waals surface area contributed by atoms with Gasteiger partial charge in [-0.3, -0.25) is 9.59 Å². The van der Waals surface area contributed by atoms with E-state index in [0.29, 0.717) is 6.54 Å². The second-order valence-electron chi connectivity index (χ2n) is 7.85. The number of ether oxygens (including phenoxy) is 1.